The zero-order valence-corrected chi connectivity index (χ0v) is 13.4. The van der Waals surface area contributed by atoms with Crippen molar-refractivity contribution in [2.24, 2.45) is 0 Å². The van der Waals surface area contributed by atoms with E-state index in [0.717, 1.165) is 22.3 Å². The first kappa shape index (κ1) is 16.6. The molecule has 0 saturated carbocycles. The maximum Gasteiger partial charge on any atom is 0.183 e. The van der Waals surface area contributed by atoms with Gasteiger partial charge in [-0.1, -0.05) is 48.5 Å². The molecule has 4 nitrogen and oxygen atoms in total. The summed E-state index contributed by atoms with van der Waals surface area (Å²) in [5.74, 6) is 0. The van der Waals surface area contributed by atoms with E-state index in [9.17, 15) is 0 Å². The summed E-state index contributed by atoms with van der Waals surface area (Å²) in [5.41, 5.74) is 3.99. The molecule has 2 rings (SSSR count). The summed E-state index contributed by atoms with van der Waals surface area (Å²) in [6.45, 7) is 0. The second-order valence-electron chi connectivity index (χ2n) is 4.78. The van der Waals surface area contributed by atoms with Gasteiger partial charge in [-0.25, -0.2) is 0 Å². The highest BCUT2D eigenvalue weighted by atomic mass is 16.7. The van der Waals surface area contributed by atoms with Crippen LogP contribution in [0.15, 0.2) is 48.5 Å². The van der Waals surface area contributed by atoms with Crippen LogP contribution < -0.4 is 0 Å². The predicted molar refractivity (Wildman–Crippen MR) is 85.4 cm³/mol. The van der Waals surface area contributed by atoms with Crippen molar-refractivity contribution in [2.45, 2.75) is 12.6 Å². The van der Waals surface area contributed by atoms with Gasteiger partial charge in [0.2, 0.25) is 0 Å². The van der Waals surface area contributed by atoms with Gasteiger partial charge in [0.1, 0.15) is 0 Å². The number of methoxy groups -OCH3 is 4. The van der Waals surface area contributed by atoms with Gasteiger partial charge in [-0.05, 0) is 11.1 Å². The number of benzene rings is 2. The van der Waals surface area contributed by atoms with Crippen molar-refractivity contribution in [3.05, 3.63) is 59.7 Å². The lowest BCUT2D eigenvalue weighted by Gasteiger charge is -2.22. The zero-order chi connectivity index (χ0) is 15.9. The normalized spacial score (nSPS) is 11.4. The first-order chi connectivity index (χ1) is 10.8. The Morgan fingerprint density at radius 2 is 0.864 bits per heavy atom. The first-order valence-corrected chi connectivity index (χ1v) is 7.06. The van der Waals surface area contributed by atoms with Crippen LogP contribution in [0.5, 0.6) is 0 Å². The highest BCUT2D eigenvalue weighted by molar-refractivity contribution is 5.71. The van der Waals surface area contributed by atoms with Gasteiger partial charge in [0, 0.05) is 39.6 Å². The molecule has 0 heterocycles. The quantitative estimate of drug-likeness (QED) is 0.726. The third-order valence-corrected chi connectivity index (χ3v) is 3.58. The molecule has 0 aromatic heterocycles. The zero-order valence-electron chi connectivity index (χ0n) is 13.4. The Bertz CT molecular complexity index is 536. The lowest BCUT2D eigenvalue weighted by Crippen LogP contribution is -2.08. The summed E-state index contributed by atoms with van der Waals surface area (Å²) in [6.07, 6.45) is -0.847. The molecule has 0 atom stereocenters. The smallest absolute Gasteiger partial charge is 0.183 e. The summed E-state index contributed by atoms with van der Waals surface area (Å²) in [6, 6.07) is 16.0. The fourth-order valence-electron chi connectivity index (χ4n) is 2.60. The molecular weight excluding hydrogens is 280 g/mol. The van der Waals surface area contributed by atoms with Crippen LogP contribution in [0.1, 0.15) is 23.7 Å². The molecule has 0 spiro atoms. The molecule has 0 radical (unpaired) electrons. The largest absolute Gasteiger partial charge is 0.352 e. The lowest BCUT2D eigenvalue weighted by molar-refractivity contribution is -0.106. The van der Waals surface area contributed by atoms with Gasteiger partial charge in [0.05, 0.1) is 0 Å². The second kappa shape index (κ2) is 8.06. The fraction of sp³-hybridized carbons (Fsp3) is 0.333. The Morgan fingerprint density at radius 1 is 0.545 bits per heavy atom. The number of hydrogen-bond donors (Lipinski definition) is 0. The summed E-state index contributed by atoms with van der Waals surface area (Å²) < 4.78 is 21.7. The van der Waals surface area contributed by atoms with E-state index in [2.05, 4.69) is 0 Å². The maximum absolute atomic E-state index is 5.42. The van der Waals surface area contributed by atoms with E-state index in [4.69, 9.17) is 18.9 Å². The molecule has 4 heteroatoms. The topological polar surface area (TPSA) is 36.9 Å². The molecule has 0 amide bonds. The average Bonchev–Trinajstić information content (AvgIpc) is 2.58. The van der Waals surface area contributed by atoms with Crippen molar-refractivity contribution in [3.63, 3.8) is 0 Å². The van der Waals surface area contributed by atoms with Crippen molar-refractivity contribution in [1.82, 2.24) is 0 Å². The predicted octanol–water partition coefficient (Wildman–Crippen LogP) is 3.94. The Labute approximate surface area is 131 Å². The molecule has 0 aliphatic rings. The Hall–Kier alpha value is -1.72. The van der Waals surface area contributed by atoms with Gasteiger partial charge in [0.15, 0.2) is 12.6 Å². The van der Waals surface area contributed by atoms with E-state index in [1.165, 1.54) is 0 Å². The summed E-state index contributed by atoms with van der Waals surface area (Å²) >= 11 is 0. The van der Waals surface area contributed by atoms with Gasteiger partial charge in [-0.2, -0.15) is 0 Å². The minimum atomic E-state index is -0.423. The molecule has 0 N–H and O–H groups in total. The number of hydrogen-bond acceptors (Lipinski definition) is 4. The van der Waals surface area contributed by atoms with Crippen molar-refractivity contribution in [1.29, 1.82) is 0 Å². The van der Waals surface area contributed by atoms with E-state index < -0.39 is 12.6 Å². The van der Waals surface area contributed by atoms with Crippen LogP contribution in [0, 0.1) is 0 Å². The second-order valence-corrected chi connectivity index (χ2v) is 4.78. The van der Waals surface area contributed by atoms with E-state index in [0.29, 0.717) is 0 Å². The monoisotopic (exact) mass is 302 g/mol. The number of ether oxygens (including phenoxy) is 4. The van der Waals surface area contributed by atoms with Crippen molar-refractivity contribution in [3.8, 4) is 11.1 Å². The summed E-state index contributed by atoms with van der Waals surface area (Å²) in [5, 5.41) is 0. The highest BCUT2D eigenvalue weighted by Crippen LogP contribution is 2.35. The van der Waals surface area contributed by atoms with Crippen LogP contribution >= 0.6 is 0 Å². The molecule has 0 saturated heterocycles. The van der Waals surface area contributed by atoms with E-state index in [-0.39, 0.29) is 0 Å². The van der Waals surface area contributed by atoms with Crippen LogP contribution in [0.2, 0.25) is 0 Å². The fourth-order valence-corrected chi connectivity index (χ4v) is 2.60. The highest BCUT2D eigenvalue weighted by Gasteiger charge is 2.19. The molecule has 0 unspecified atom stereocenters. The summed E-state index contributed by atoms with van der Waals surface area (Å²) in [4.78, 5) is 0. The molecule has 118 valence electrons. The first-order valence-electron chi connectivity index (χ1n) is 7.06. The van der Waals surface area contributed by atoms with E-state index in [1.54, 1.807) is 28.4 Å². The molecule has 0 aliphatic heterocycles. The standard InChI is InChI=1S/C18H22O4/c1-19-17(20-2)15-11-7-5-9-13(15)14-10-6-8-12-16(14)18(21-3)22-4/h5-12,17-18H,1-4H3. The van der Waals surface area contributed by atoms with Crippen molar-refractivity contribution < 1.29 is 18.9 Å². The average molecular weight is 302 g/mol. The van der Waals surface area contributed by atoms with Crippen LogP contribution in [0.25, 0.3) is 11.1 Å². The van der Waals surface area contributed by atoms with Crippen molar-refractivity contribution in [2.75, 3.05) is 28.4 Å². The molecule has 2 aromatic rings. The molecule has 2 aromatic carbocycles. The lowest BCUT2D eigenvalue weighted by atomic mass is 9.94. The third kappa shape index (κ3) is 3.36. The molecule has 0 aliphatic carbocycles. The molecule has 22 heavy (non-hydrogen) atoms. The minimum Gasteiger partial charge on any atom is -0.352 e. The van der Waals surface area contributed by atoms with Crippen molar-refractivity contribution >= 4 is 0 Å². The molecular formula is C18H22O4. The minimum absolute atomic E-state index is 0.423. The number of rotatable bonds is 7. The van der Waals surface area contributed by atoms with E-state index >= 15 is 0 Å². The maximum atomic E-state index is 5.42. The van der Waals surface area contributed by atoms with Crippen LogP contribution in [-0.2, 0) is 18.9 Å². The van der Waals surface area contributed by atoms with E-state index in [1.807, 2.05) is 48.5 Å². The SMILES string of the molecule is COC(OC)c1ccccc1-c1ccccc1C(OC)OC. The molecule has 0 bridgehead atoms. The Morgan fingerprint density at radius 3 is 1.18 bits per heavy atom. The van der Waals surface area contributed by atoms with Gasteiger partial charge in [0.25, 0.3) is 0 Å². The van der Waals surface area contributed by atoms with Gasteiger partial charge < -0.3 is 18.9 Å². The van der Waals surface area contributed by atoms with Gasteiger partial charge in [-0.3, -0.25) is 0 Å². The van der Waals surface area contributed by atoms with Gasteiger partial charge in [-0.15, -0.1) is 0 Å². The third-order valence-electron chi connectivity index (χ3n) is 3.58. The van der Waals surface area contributed by atoms with Crippen LogP contribution in [0.3, 0.4) is 0 Å². The molecule has 0 fully saturated rings. The van der Waals surface area contributed by atoms with Gasteiger partial charge >= 0.3 is 0 Å². The Balaban J connectivity index is 2.58. The Kier molecular flexibility index (Phi) is 6.10. The summed E-state index contributed by atoms with van der Waals surface area (Å²) in [7, 11) is 6.52. The van der Waals surface area contributed by atoms with Crippen LogP contribution in [0.4, 0.5) is 0 Å². The van der Waals surface area contributed by atoms with Crippen LogP contribution in [-0.4, -0.2) is 28.4 Å².